The summed E-state index contributed by atoms with van der Waals surface area (Å²) in [4.78, 5) is 34.8. The molecule has 2 heterocycles. The lowest BCUT2D eigenvalue weighted by molar-refractivity contribution is -0.139. The van der Waals surface area contributed by atoms with Crippen LogP contribution in [0.15, 0.2) is 47.5 Å². The molecule has 2 aromatic carbocycles. The molecule has 14 heteroatoms. The molecular formula is C33H43ClN6O6S. The molecule has 0 bridgehead atoms. The van der Waals surface area contributed by atoms with E-state index < -0.39 is 15.1 Å². The molecule has 0 aliphatic carbocycles. The van der Waals surface area contributed by atoms with Crippen LogP contribution in [0.1, 0.15) is 57.6 Å². The zero-order valence-electron chi connectivity index (χ0n) is 27.6. The molecule has 0 atom stereocenters. The van der Waals surface area contributed by atoms with Crippen LogP contribution >= 0.6 is 11.6 Å². The number of benzene rings is 2. The largest absolute Gasteiger partial charge is 0.489 e. The van der Waals surface area contributed by atoms with Gasteiger partial charge in [-0.25, -0.2) is 13.4 Å². The summed E-state index contributed by atoms with van der Waals surface area (Å²) in [5.74, 6) is 0.934. The topological polar surface area (TPSA) is 152 Å². The van der Waals surface area contributed by atoms with Gasteiger partial charge in [-0.3, -0.25) is 9.59 Å². The van der Waals surface area contributed by atoms with Gasteiger partial charge in [-0.1, -0.05) is 23.7 Å². The first-order valence-electron chi connectivity index (χ1n) is 15.6. The molecule has 0 radical (unpaired) electrons. The Morgan fingerprint density at radius 1 is 1.04 bits per heavy atom. The van der Waals surface area contributed by atoms with Crippen molar-refractivity contribution in [3.8, 4) is 5.75 Å². The molecule has 1 aliphatic heterocycles. The number of piperidine rings is 1. The Morgan fingerprint density at radius 3 is 2.40 bits per heavy atom. The summed E-state index contributed by atoms with van der Waals surface area (Å²) < 4.78 is 37.4. The van der Waals surface area contributed by atoms with E-state index >= 15 is 0 Å². The van der Waals surface area contributed by atoms with E-state index in [0.29, 0.717) is 30.2 Å². The van der Waals surface area contributed by atoms with Gasteiger partial charge in [0, 0.05) is 20.1 Å². The summed E-state index contributed by atoms with van der Waals surface area (Å²) in [7, 11) is -2.05. The van der Waals surface area contributed by atoms with Crippen LogP contribution in [0.5, 0.6) is 5.75 Å². The number of amides is 2. The van der Waals surface area contributed by atoms with Crippen LogP contribution < -0.4 is 20.7 Å². The highest BCUT2D eigenvalue weighted by Gasteiger charge is 2.27. The minimum atomic E-state index is -3.57. The van der Waals surface area contributed by atoms with E-state index in [1.54, 1.807) is 43.0 Å². The highest BCUT2D eigenvalue weighted by Crippen LogP contribution is 2.38. The first kappa shape index (κ1) is 35.9. The smallest absolute Gasteiger partial charge is 0.248 e. The van der Waals surface area contributed by atoms with Gasteiger partial charge in [0.15, 0.2) is 15.7 Å². The fourth-order valence-electron chi connectivity index (χ4n) is 5.26. The maximum atomic E-state index is 13.0. The minimum Gasteiger partial charge on any atom is -0.489 e. The van der Waals surface area contributed by atoms with E-state index in [9.17, 15) is 18.0 Å². The van der Waals surface area contributed by atoms with Crippen molar-refractivity contribution in [3.63, 3.8) is 0 Å². The van der Waals surface area contributed by atoms with Gasteiger partial charge < -0.3 is 30.3 Å². The number of para-hydroxylation sites is 1. The zero-order chi connectivity index (χ0) is 34.3. The lowest BCUT2D eigenvalue weighted by Gasteiger charge is -2.33. The van der Waals surface area contributed by atoms with E-state index in [1.165, 1.54) is 13.2 Å². The molecule has 1 aromatic heterocycles. The Labute approximate surface area is 281 Å². The monoisotopic (exact) mass is 686 g/mol. The van der Waals surface area contributed by atoms with E-state index in [4.69, 9.17) is 21.1 Å². The average molecular weight is 687 g/mol. The predicted molar refractivity (Wildman–Crippen MR) is 183 cm³/mol. The Morgan fingerprint density at radius 2 is 1.74 bits per heavy atom. The average Bonchev–Trinajstić information content (AvgIpc) is 3.03. The number of carbonyl (C=O) groups excluding carboxylic acids is 2. The maximum absolute atomic E-state index is 13.0. The van der Waals surface area contributed by atoms with Crippen LogP contribution in [0.3, 0.4) is 0 Å². The number of likely N-dealkylation sites (tertiary alicyclic amines) is 1. The Hall–Kier alpha value is -3.94. The Bertz CT molecular complexity index is 1690. The van der Waals surface area contributed by atoms with Gasteiger partial charge in [0.2, 0.25) is 17.8 Å². The standard InChI is InChI=1S/C33H43ClN6O6S/c1-20(2)46-28-16-24(23-11-13-40(14-12-23)31(42)19-45-18-30(41)35-6)22(5)15-27(28)38-33-36-17-25(34)32(39-33)37-26-9-7-8-10-29(26)47(43,44)21(3)4/h7-10,15-17,20-21,23H,11-14,18-19H2,1-6H3,(H,35,41)(H2,36,37,38,39). The molecule has 3 N–H and O–H groups in total. The van der Waals surface area contributed by atoms with Gasteiger partial charge in [-0.15, -0.1) is 0 Å². The number of nitrogens with zero attached hydrogens (tertiary/aromatic N) is 3. The van der Waals surface area contributed by atoms with Crippen molar-refractivity contribution in [1.82, 2.24) is 20.2 Å². The molecule has 3 aromatic rings. The van der Waals surface area contributed by atoms with Gasteiger partial charge in [0.25, 0.3) is 0 Å². The molecule has 47 heavy (non-hydrogen) atoms. The molecule has 0 spiro atoms. The number of ether oxygens (including phenoxy) is 2. The number of likely N-dealkylation sites (N-methyl/N-ethyl adjacent to an activating group) is 1. The summed E-state index contributed by atoms with van der Waals surface area (Å²) >= 11 is 6.45. The second kappa shape index (κ2) is 15.8. The molecule has 1 fully saturated rings. The molecule has 4 rings (SSSR count). The molecule has 1 aliphatic rings. The third-order valence-corrected chi connectivity index (χ3v) is 10.3. The highest BCUT2D eigenvalue weighted by molar-refractivity contribution is 7.92. The quantitative estimate of drug-likeness (QED) is 0.214. The molecule has 12 nitrogen and oxygen atoms in total. The van der Waals surface area contributed by atoms with Crippen LogP contribution in [0.2, 0.25) is 5.02 Å². The molecule has 0 unspecified atom stereocenters. The van der Waals surface area contributed by atoms with Crippen molar-refractivity contribution >= 4 is 56.4 Å². The number of rotatable bonds is 13. The van der Waals surface area contributed by atoms with Crippen molar-refractivity contribution in [2.45, 2.75) is 69.6 Å². The van der Waals surface area contributed by atoms with Crippen molar-refractivity contribution in [2.75, 3.05) is 44.0 Å². The van der Waals surface area contributed by atoms with Crippen molar-refractivity contribution in [1.29, 1.82) is 0 Å². The Kier molecular flexibility index (Phi) is 12.0. The Balaban J connectivity index is 1.52. The SMILES string of the molecule is CNC(=O)COCC(=O)N1CCC(c2cc(OC(C)C)c(Nc3ncc(Cl)c(Nc4ccccc4S(=O)(=O)C(C)C)n3)cc2C)CC1. The molecular weight excluding hydrogens is 644 g/mol. The van der Waals surface area contributed by atoms with Crippen molar-refractivity contribution < 1.29 is 27.5 Å². The number of aryl methyl sites for hydroxylation is 1. The van der Waals surface area contributed by atoms with E-state index in [-0.39, 0.29) is 58.7 Å². The third kappa shape index (κ3) is 9.11. The maximum Gasteiger partial charge on any atom is 0.248 e. The molecule has 254 valence electrons. The number of halogens is 1. The molecule has 2 amide bonds. The van der Waals surface area contributed by atoms with Gasteiger partial charge in [-0.05, 0) is 88.8 Å². The van der Waals surface area contributed by atoms with Crippen LogP contribution in [0, 0.1) is 6.92 Å². The summed E-state index contributed by atoms with van der Waals surface area (Å²) in [5, 5.41) is 8.42. The summed E-state index contributed by atoms with van der Waals surface area (Å²) in [6, 6.07) is 10.7. The molecule has 0 saturated carbocycles. The number of carbonyl (C=O) groups is 2. The highest BCUT2D eigenvalue weighted by atomic mass is 35.5. The fourth-order valence-corrected chi connectivity index (χ4v) is 6.60. The lowest BCUT2D eigenvalue weighted by Crippen LogP contribution is -2.40. The first-order chi connectivity index (χ1) is 22.3. The third-order valence-electron chi connectivity index (χ3n) is 7.81. The second-order valence-corrected chi connectivity index (χ2v) is 14.8. The van der Waals surface area contributed by atoms with Crippen LogP contribution in [0.4, 0.5) is 23.1 Å². The lowest BCUT2D eigenvalue weighted by atomic mass is 9.86. The van der Waals surface area contributed by atoms with Crippen LogP contribution in [-0.2, 0) is 24.2 Å². The number of hydrogen-bond donors (Lipinski definition) is 3. The van der Waals surface area contributed by atoms with Gasteiger partial charge in [-0.2, -0.15) is 4.98 Å². The van der Waals surface area contributed by atoms with E-state index in [2.05, 4.69) is 25.9 Å². The fraction of sp³-hybridized carbons (Fsp3) is 0.455. The second-order valence-electron chi connectivity index (χ2n) is 11.9. The number of nitrogens with one attached hydrogen (secondary N) is 3. The van der Waals surface area contributed by atoms with Gasteiger partial charge in [0.1, 0.15) is 24.0 Å². The van der Waals surface area contributed by atoms with Gasteiger partial charge in [0.05, 0.1) is 33.8 Å². The normalized spacial score (nSPS) is 13.9. The minimum absolute atomic E-state index is 0.108. The van der Waals surface area contributed by atoms with Crippen LogP contribution in [-0.4, -0.2) is 79.8 Å². The number of hydrogen-bond acceptors (Lipinski definition) is 10. The number of sulfone groups is 1. The van der Waals surface area contributed by atoms with Crippen LogP contribution in [0.25, 0.3) is 0 Å². The van der Waals surface area contributed by atoms with E-state index in [0.717, 1.165) is 24.0 Å². The number of anilines is 4. The number of aromatic nitrogens is 2. The van der Waals surface area contributed by atoms with Crippen molar-refractivity contribution in [3.05, 3.63) is 58.7 Å². The summed E-state index contributed by atoms with van der Waals surface area (Å²) in [6.45, 7) is 10.1. The first-order valence-corrected chi connectivity index (χ1v) is 17.5. The summed E-state index contributed by atoms with van der Waals surface area (Å²) in [5.41, 5.74) is 3.21. The predicted octanol–water partition coefficient (Wildman–Crippen LogP) is 5.36. The summed E-state index contributed by atoms with van der Waals surface area (Å²) in [6.07, 6.45) is 2.89. The zero-order valence-corrected chi connectivity index (χ0v) is 29.2. The molecule has 1 saturated heterocycles. The van der Waals surface area contributed by atoms with E-state index in [1.807, 2.05) is 32.9 Å². The van der Waals surface area contributed by atoms with Gasteiger partial charge >= 0.3 is 0 Å². The van der Waals surface area contributed by atoms with Crippen molar-refractivity contribution in [2.24, 2.45) is 0 Å².